The standard InChI is InChI=1S/C8H7FN2/c1-6-8-3-2-7(9)4-11(8)5-10-6/h2-5H,1H3. The number of aryl methyl sites for hydroxylation is 1. The van der Waals surface area contributed by atoms with Crippen molar-refractivity contribution in [2.75, 3.05) is 0 Å². The monoisotopic (exact) mass is 150 g/mol. The van der Waals surface area contributed by atoms with E-state index in [0.29, 0.717) is 0 Å². The van der Waals surface area contributed by atoms with E-state index in [2.05, 4.69) is 4.98 Å². The maximum Gasteiger partial charge on any atom is 0.139 e. The van der Waals surface area contributed by atoms with Crippen LogP contribution in [0.25, 0.3) is 5.52 Å². The first-order valence-corrected chi connectivity index (χ1v) is 3.36. The zero-order valence-corrected chi connectivity index (χ0v) is 6.08. The molecule has 2 aromatic heterocycles. The lowest BCUT2D eigenvalue weighted by atomic mass is 10.3. The molecule has 0 N–H and O–H groups in total. The molecule has 0 spiro atoms. The summed E-state index contributed by atoms with van der Waals surface area (Å²) < 4.78 is 14.3. The molecule has 0 saturated heterocycles. The second kappa shape index (κ2) is 2.05. The quantitative estimate of drug-likeness (QED) is 0.559. The van der Waals surface area contributed by atoms with Crippen LogP contribution in [0.5, 0.6) is 0 Å². The minimum absolute atomic E-state index is 0.241. The molecule has 0 aromatic carbocycles. The maximum absolute atomic E-state index is 12.6. The summed E-state index contributed by atoms with van der Waals surface area (Å²) in [5.74, 6) is -0.241. The third kappa shape index (κ3) is 0.888. The van der Waals surface area contributed by atoms with Crippen molar-refractivity contribution in [2.24, 2.45) is 0 Å². The van der Waals surface area contributed by atoms with Crippen LogP contribution in [0.2, 0.25) is 0 Å². The minimum atomic E-state index is -0.241. The summed E-state index contributed by atoms with van der Waals surface area (Å²) in [6.07, 6.45) is 3.02. The molecule has 0 amide bonds. The molecule has 0 aliphatic carbocycles. The smallest absolute Gasteiger partial charge is 0.139 e. The van der Waals surface area contributed by atoms with E-state index in [4.69, 9.17) is 0 Å². The lowest BCUT2D eigenvalue weighted by Crippen LogP contribution is -1.83. The highest BCUT2D eigenvalue weighted by molar-refractivity contribution is 5.50. The van der Waals surface area contributed by atoms with Crippen molar-refractivity contribution in [1.29, 1.82) is 0 Å². The van der Waals surface area contributed by atoms with E-state index in [1.807, 2.05) is 6.92 Å². The SMILES string of the molecule is Cc1ncn2cc(F)ccc12. The fourth-order valence-electron chi connectivity index (χ4n) is 1.11. The molecular formula is C8H7FN2. The number of hydrogen-bond acceptors (Lipinski definition) is 1. The van der Waals surface area contributed by atoms with Gasteiger partial charge in [-0.3, -0.25) is 0 Å². The van der Waals surface area contributed by atoms with Crippen molar-refractivity contribution in [3.8, 4) is 0 Å². The molecule has 2 rings (SSSR count). The first-order chi connectivity index (χ1) is 5.27. The molecule has 11 heavy (non-hydrogen) atoms. The first-order valence-electron chi connectivity index (χ1n) is 3.36. The van der Waals surface area contributed by atoms with Gasteiger partial charge in [0.15, 0.2) is 0 Å². The highest BCUT2D eigenvalue weighted by Crippen LogP contribution is 2.08. The van der Waals surface area contributed by atoms with E-state index in [0.717, 1.165) is 11.2 Å². The first kappa shape index (κ1) is 6.34. The molecule has 2 aromatic rings. The summed E-state index contributed by atoms with van der Waals surface area (Å²) in [5.41, 5.74) is 1.87. The van der Waals surface area contributed by atoms with E-state index in [9.17, 15) is 4.39 Å². The lowest BCUT2D eigenvalue weighted by molar-refractivity contribution is 0.619. The Labute approximate surface area is 63.3 Å². The van der Waals surface area contributed by atoms with Gasteiger partial charge in [0.05, 0.1) is 17.5 Å². The van der Waals surface area contributed by atoms with Crippen LogP contribution < -0.4 is 0 Å². The van der Waals surface area contributed by atoms with Crippen molar-refractivity contribution in [2.45, 2.75) is 6.92 Å². The van der Waals surface area contributed by atoms with Crippen molar-refractivity contribution >= 4 is 5.52 Å². The van der Waals surface area contributed by atoms with Gasteiger partial charge in [-0.2, -0.15) is 0 Å². The second-order valence-electron chi connectivity index (χ2n) is 2.47. The molecule has 56 valence electrons. The number of rotatable bonds is 0. The average molecular weight is 150 g/mol. The maximum atomic E-state index is 12.6. The van der Waals surface area contributed by atoms with Gasteiger partial charge in [0.1, 0.15) is 5.82 Å². The number of hydrogen-bond donors (Lipinski definition) is 0. The number of imidazole rings is 1. The summed E-state index contributed by atoms with van der Waals surface area (Å²) in [5, 5.41) is 0. The van der Waals surface area contributed by atoms with Crippen molar-refractivity contribution < 1.29 is 4.39 Å². The van der Waals surface area contributed by atoms with Gasteiger partial charge in [0, 0.05) is 6.20 Å². The van der Waals surface area contributed by atoms with Crippen LogP contribution in [0.3, 0.4) is 0 Å². The summed E-state index contributed by atoms with van der Waals surface area (Å²) >= 11 is 0. The van der Waals surface area contributed by atoms with Gasteiger partial charge in [-0.15, -0.1) is 0 Å². The molecule has 2 nitrogen and oxygen atoms in total. The average Bonchev–Trinajstić information content (AvgIpc) is 2.32. The molecule has 3 heteroatoms. The third-order valence-electron chi connectivity index (χ3n) is 1.69. The lowest BCUT2D eigenvalue weighted by Gasteiger charge is -1.92. The highest BCUT2D eigenvalue weighted by atomic mass is 19.1. The summed E-state index contributed by atoms with van der Waals surface area (Å²) in [6.45, 7) is 1.90. The Kier molecular flexibility index (Phi) is 1.18. The fraction of sp³-hybridized carbons (Fsp3) is 0.125. The van der Waals surface area contributed by atoms with Gasteiger partial charge >= 0.3 is 0 Å². The van der Waals surface area contributed by atoms with E-state index in [-0.39, 0.29) is 5.82 Å². The van der Waals surface area contributed by atoms with E-state index < -0.39 is 0 Å². The van der Waals surface area contributed by atoms with Crippen LogP contribution in [0, 0.1) is 12.7 Å². The van der Waals surface area contributed by atoms with Gasteiger partial charge in [0.2, 0.25) is 0 Å². The molecule has 2 heterocycles. The number of fused-ring (bicyclic) bond motifs is 1. The molecule has 0 saturated carbocycles. The van der Waals surface area contributed by atoms with E-state index in [1.54, 1.807) is 16.8 Å². The number of halogens is 1. The summed E-state index contributed by atoms with van der Waals surface area (Å²) in [7, 11) is 0. The Morgan fingerprint density at radius 1 is 1.45 bits per heavy atom. The predicted octanol–water partition coefficient (Wildman–Crippen LogP) is 1.78. The molecule has 0 unspecified atom stereocenters. The zero-order chi connectivity index (χ0) is 7.84. The Bertz CT molecular complexity index is 392. The van der Waals surface area contributed by atoms with Gasteiger partial charge in [-0.25, -0.2) is 9.37 Å². The van der Waals surface area contributed by atoms with Gasteiger partial charge < -0.3 is 4.40 Å². The Morgan fingerprint density at radius 2 is 2.27 bits per heavy atom. The molecule has 0 atom stereocenters. The molecule has 0 fully saturated rings. The minimum Gasteiger partial charge on any atom is -0.303 e. The van der Waals surface area contributed by atoms with Gasteiger partial charge in [-0.1, -0.05) is 0 Å². The number of nitrogens with zero attached hydrogens (tertiary/aromatic N) is 2. The van der Waals surface area contributed by atoms with Crippen LogP contribution >= 0.6 is 0 Å². The van der Waals surface area contributed by atoms with Crippen LogP contribution in [0.4, 0.5) is 4.39 Å². The molecular weight excluding hydrogens is 143 g/mol. The molecule has 0 aliphatic heterocycles. The Morgan fingerprint density at radius 3 is 3.09 bits per heavy atom. The third-order valence-corrected chi connectivity index (χ3v) is 1.69. The fourth-order valence-corrected chi connectivity index (χ4v) is 1.11. The summed E-state index contributed by atoms with van der Waals surface area (Å²) in [4.78, 5) is 4.03. The molecule has 0 aliphatic rings. The predicted molar refractivity (Wildman–Crippen MR) is 39.9 cm³/mol. The largest absolute Gasteiger partial charge is 0.303 e. The Hall–Kier alpha value is -1.38. The van der Waals surface area contributed by atoms with Crippen LogP contribution in [-0.4, -0.2) is 9.38 Å². The Balaban J connectivity index is 2.86. The normalized spacial score (nSPS) is 10.7. The highest BCUT2D eigenvalue weighted by Gasteiger charge is 1.98. The van der Waals surface area contributed by atoms with Crippen molar-refractivity contribution in [1.82, 2.24) is 9.38 Å². The second-order valence-corrected chi connectivity index (χ2v) is 2.47. The number of pyridine rings is 1. The van der Waals surface area contributed by atoms with E-state index >= 15 is 0 Å². The van der Waals surface area contributed by atoms with Crippen LogP contribution in [0.1, 0.15) is 5.69 Å². The molecule has 0 radical (unpaired) electrons. The zero-order valence-electron chi connectivity index (χ0n) is 6.08. The number of aromatic nitrogens is 2. The van der Waals surface area contributed by atoms with Crippen LogP contribution in [0.15, 0.2) is 24.7 Å². The van der Waals surface area contributed by atoms with Crippen LogP contribution in [-0.2, 0) is 0 Å². The van der Waals surface area contributed by atoms with Gasteiger partial charge in [-0.05, 0) is 19.1 Å². The topological polar surface area (TPSA) is 17.3 Å². The van der Waals surface area contributed by atoms with Gasteiger partial charge in [0.25, 0.3) is 0 Å². The van der Waals surface area contributed by atoms with Crippen molar-refractivity contribution in [3.05, 3.63) is 36.2 Å². The molecule has 0 bridgehead atoms. The van der Waals surface area contributed by atoms with Crippen molar-refractivity contribution in [3.63, 3.8) is 0 Å². The van der Waals surface area contributed by atoms with E-state index in [1.165, 1.54) is 12.3 Å². The summed E-state index contributed by atoms with van der Waals surface area (Å²) in [6, 6.07) is 3.15.